The van der Waals surface area contributed by atoms with Crippen LogP contribution in [-0.2, 0) is 6.54 Å². The van der Waals surface area contributed by atoms with Crippen LogP contribution < -0.4 is 11.2 Å². The highest BCUT2D eigenvalue weighted by Crippen LogP contribution is 2.19. The second-order valence-electron chi connectivity index (χ2n) is 6.73. The van der Waals surface area contributed by atoms with Gasteiger partial charge in [0.15, 0.2) is 5.69 Å². The van der Waals surface area contributed by atoms with Crippen LogP contribution in [0.3, 0.4) is 0 Å². The molecule has 30 heavy (non-hydrogen) atoms. The molecule has 3 heterocycles. The summed E-state index contributed by atoms with van der Waals surface area (Å²) in [6.07, 6.45) is 5.82. The Morgan fingerprint density at radius 3 is 2.73 bits per heavy atom. The number of likely N-dealkylation sites (tertiary alicyclic amines) is 1. The Morgan fingerprint density at radius 2 is 2.07 bits per heavy atom. The van der Waals surface area contributed by atoms with Crippen molar-refractivity contribution < 1.29 is 9.42 Å². The average molecular weight is 427 g/mol. The van der Waals surface area contributed by atoms with Crippen molar-refractivity contribution in [3.8, 4) is 5.82 Å². The highest BCUT2D eigenvalue weighted by atomic mass is 32.2. The van der Waals surface area contributed by atoms with Gasteiger partial charge in [-0.2, -0.15) is 9.78 Å². The zero-order chi connectivity index (χ0) is 20.9. The average Bonchev–Trinajstić information content (AvgIpc) is 3.50. The molecule has 1 saturated heterocycles. The molecule has 0 aliphatic carbocycles. The normalized spacial score (nSPS) is 14.6. The summed E-state index contributed by atoms with van der Waals surface area (Å²) < 4.78 is 5.88. The first-order valence-electron chi connectivity index (χ1n) is 9.38. The maximum absolute atomic E-state index is 13.0. The minimum atomic E-state index is -0.478. The summed E-state index contributed by atoms with van der Waals surface area (Å²) in [5, 5.41) is 19.6. The lowest BCUT2D eigenvalue weighted by atomic mass is 10.2. The van der Waals surface area contributed by atoms with Gasteiger partial charge in [0.05, 0.1) is 6.21 Å². The van der Waals surface area contributed by atoms with Gasteiger partial charge in [-0.1, -0.05) is 17.3 Å². The van der Waals surface area contributed by atoms with Gasteiger partial charge in [0, 0.05) is 11.4 Å². The van der Waals surface area contributed by atoms with Crippen molar-refractivity contribution in [2.45, 2.75) is 24.3 Å². The fourth-order valence-electron chi connectivity index (χ4n) is 3.19. The number of thioether (sulfide) groups is 1. The molecule has 0 saturated carbocycles. The van der Waals surface area contributed by atoms with E-state index in [-0.39, 0.29) is 17.3 Å². The smallest absolute Gasteiger partial charge is 0.292 e. The van der Waals surface area contributed by atoms with E-state index in [0.717, 1.165) is 36.4 Å². The molecule has 12 heteroatoms. The highest BCUT2D eigenvalue weighted by Gasteiger charge is 2.26. The summed E-state index contributed by atoms with van der Waals surface area (Å²) >= 11 is 1.66. The van der Waals surface area contributed by atoms with Crippen molar-refractivity contribution in [3.63, 3.8) is 0 Å². The minimum absolute atomic E-state index is 0.0130. The number of hydrogen-bond acceptors (Lipinski definition) is 10. The number of nitrogens with zero attached hydrogens (tertiary/aromatic N) is 7. The van der Waals surface area contributed by atoms with Gasteiger partial charge in [0.1, 0.15) is 5.69 Å². The van der Waals surface area contributed by atoms with Crippen LogP contribution in [-0.4, -0.2) is 61.7 Å². The molecule has 1 amide bonds. The molecule has 0 unspecified atom stereocenters. The molecule has 4 rings (SSSR count). The molecule has 0 bridgehead atoms. The van der Waals surface area contributed by atoms with Crippen molar-refractivity contribution >= 4 is 29.7 Å². The number of benzene rings is 1. The van der Waals surface area contributed by atoms with Gasteiger partial charge in [-0.3, -0.25) is 9.69 Å². The van der Waals surface area contributed by atoms with Crippen molar-refractivity contribution in [2.24, 2.45) is 5.10 Å². The molecule has 1 fully saturated rings. The van der Waals surface area contributed by atoms with Gasteiger partial charge in [0.25, 0.3) is 5.91 Å². The van der Waals surface area contributed by atoms with Gasteiger partial charge < -0.3 is 5.73 Å². The van der Waals surface area contributed by atoms with E-state index < -0.39 is 5.91 Å². The van der Waals surface area contributed by atoms with Crippen LogP contribution in [0, 0.1) is 0 Å². The van der Waals surface area contributed by atoms with Crippen molar-refractivity contribution in [3.05, 3.63) is 41.2 Å². The Bertz CT molecular complexity index is 1040. The Labute approximate surface area is 176 Å². The molecule has 3 aromatic rings. The first-order chi connectivity index (χ1) is 14.7. The topological polar surface area (TPSA) is 140 Å². The van der Waals surface area contributed by atoms with Gasteiger partial charge in [-0.25, -0.2) is 10.1 Å². The first kappa shape index (κ1) is 20.0. The van der Waals surface area contributed by atoms with E-state index in [1.807, 2.05) is 30.5 Å². The summed E-state index contributed by atoms with van der Waals surface area (Å²) in [6.45, 7) is 2.39. The molecule has 0 radical (unpaired) electrons. The predicted octanol–water partition coefficient (Wildman–Crippen LogP) is 1.31. The van der Waals surface area contributed by atoms with E-state index in [1.165, 1.54) is 4.68 Å². The lowest BCUT2D eigenvalue weighted by Crippen LogP contribution is -2.26. The van der Waals surface area contributed by atoms with Gasteiger partial charge >= 0.3 is 0 Å². The predicted molar refractivity (Wildman–Crippen MR) is 111 cm³/mol. The molecule has 1 aliphatic rings. The van der Waals surface area contributed by atoms with Crippen LogP contribution in [0.15, 0.2) is 38.9 Å². The summed E-state index contributed by atoms with van der Waals surface area (Å²) in [5.74, 6) is -0.357. The zero-order valence-corrected chi connectivity index (χ0v) is 17.2. The number of anilines is 1. The van der Waals surface area contributed by atoms with Crippen molar-refractivity contribution in [2.75, 3.05) is 25.1 Å². The molecule has 3 N–H and O–H groups in total. The summed E-state index contributed by atoms with van der Waals surface area (Å²) in [6, 6.07) is 7.82. The molecular formula is C18H21N9O2S. The number of nitrogen functional groups attached to an aromatic ring is 1. The van der Waals surface area contributed by atoms with Gasteiger partial charge in [-0.15, -0.1) is 16.9 Å². The summed E-state index contributed by atoms with van der Waals surface area (Å²) in [5.41, 5.74) is 9.89. The third kappa shape index (κ3) is 4.33. The van der Waals surface area contributed by atoms with E-state index in [0.29, 0.717) is 12.2 Å². The van der Waals surface area contributed by atoms with Crippen LogP contribution >= 0.6 is 11.8 Å². The number of aromatic nitrogens is 5. The van der Waals surface area contributed by atoms with E-state index in [9.17, 15) is 4.79 Å². The molecule has 156 valence electrons. The third-order valence-electron chi connectivity index (χ3n) is 4.72. The number of rotatable bonds is 7. The SMILES string of the molecule is CSc1ccc(/C=N/NC(=O)c2c(CN3CCCC3)nnn2-c2nonc2N)cc1. The molecule has 11 nitrogen and oxygen atoms in total. The fourth-order valence-corrected chi connectivity index (χ4v) is 3.60. The Kier molecular flexibility index (Phi) is 6.05. The number of nitrogens with two attached hydrogens (primary N) is 1. The van der Waals surface area contributed by atoms with E-state index in [2.05, 4.69) is 40.7 Å². The van der Waals surface area contributed by atoms with Crippen LogP contribution in [0.5, 0.6) is 0 Å². The van der Waals surface area contributed by atoms with Gasteiger partial charge in [-0.05, 0) is 60.2 Å². The molecule has 0 spiro atoms. The summed E-state index contributed by atoms with van der Waals surface area (Å²) in [4.78, 5) is 16.3. The maximum atomic E-state index is 13.0. The zero-order valence-electron chi connectivity index (χ0n) is 16.4. The first-order valence-corrected chi connectivity index (χ1v) is 10.6. The molecule has 1 aromatic carbocycles. The largest absolute Gasteiger partial charge is 0.378 e. The molecule has 1 aliphatic heterocycles. The molecule has 2 aromatic heterocycles. The summed E-state index contributed by atoms with van der Waals surface area (Å²) in [7, 11) is 0. The van der Waals surface area contributed by atoms with Crippen molar-refractivity contribution in [1.82, 2.24) is 35.6 Å². The van der Waals surface area contributed by atoms with E-state index in [1.54, 1.807) is 18.0 Å². The van der Waals surface area contributed by atoms with Crippen molar-refractivity contribution in [1.29, 1.82) is 0 Å². The lowest BCUT2D eigenvalue weighted by Gasteiger charge is -2.13. The van der Waals surface area contributed by atoms with Crippen LogP contribution in [0.2, 0.25) is 0 Å². The lowest BCUT2D eigenvalue weighted by molar-refractivity contribution is 0.0945. The number of hydrazone groups is 1. The second kappa shape index (κ2) is 9.05. The van der Waals surface area contributed by atoms with E-state index in [4.69, 9.17) is 5.73 Å². The number of amides is 1. The third-order valence-corrected chi connectivity index (χ3v) is 5.46. The number of carbonyl (C=O) groups is 1. The second-order valence-corrected chi connectivity index (χ2v) is 7.60. The van der Waals surface area contributed by atoms with E-state index >= 15 is 0 Å². The van der Waals surface area contributed by atoms with Gasteiger partial charge in [0.2, 0.25) is 11.6 Å². The molecule has 0 atom stereocenters. The molecular weight excluding hydrogens is 406 g/mol. The fraction of sp³-hybridized carbons (Fsp3) is 0.333. The Balaban J connectivity index is 1.56. The number of nitrogens with one attached hydrogen (secondary N) is 1. The van der Waals surface area contributed by atoms with Crippen LogP contribution in [0.4, 0.5) is 5.82 Å². The number of hydrogen-bond donors (Lipinski definition) is 2. The minimum Gasteiger partial charge on any atom is -0.378 e. The van der Waals surface area contributed by atoms with Crippen LogP contribution in [0.1, 0.15) is 34.6 Å². The highest BCUT2D eigenvalue weighted by molar-refractivity contribution is 7.98. The Morgan fingerprint density at radius 1 is 1.30 bits per heavy atom. The maximum Gasteiger partial charge on any atom is 0.292 e. The van der Waals surface area contributed by atoms with Crippen LogP contribution in [0.25, 0.3) is 5.82 Å². The monoisotopic (exact) mass is 427 g/mol. The number of carbonyl (C=O) groups excluding carboxylic acids is 1. The standard InChI is InChI=1S/C18H21N9O2S/c1-30-13-6-4-12(5-7-13)10-20-22-18(28)15-14(11-26-8-2-3-9-26)21-25-27(15)17-16(19)23-29-24-17/h4-7,10H,2-3,8-9,11H2,1H3,(H2,19,23)(H,22,28)/b20-10+. The Hall–Kier alpha value is -3.25. The quantitative estimate of drug-likeness (QED) is 0.324.